The van der Waals surface area contributed by atoms with Crippen LogP contribution in [0, 0.1) is 11.3 Å². The van der Waals surface area contributed by atoms with Crippen LogP contribution in [0.15, 0.2) is 0 Å². The molecule has 0 aromatic rings. The zero-order valence-electron chi connectivity index (χ0n) is 7.18. The van der Waals surface area contributed by atoms with Gasteiger partial charge in [-0.15, -0.1) is 0 Å². The van der Waals surface area contributed by atoms with Crippen molar-refractivity contribution in [1.82, 2.24) is 0 Å². The lowest BCUT2D eigenvalue weighted by Gasteiger charge is -2.27. The minimum absolute atomic E-state index is 0.524. The summed E-state index contributed by atoms with van der Waals surface area (Å²) >= 11 is 2.10. The SMILES string of the molecule is CC1(C2CCSCC2)CC1N. The van der Waals surface area contributed by atoms with Gasteiger partial charge in [-0.1, -0.05) is 6.92 Å². The van der Waals surface area contributed by atoms with E-state index in [-0.39, 0.29) is 0 Å². The molecule has 0 radical (unpaired) electrons. The molecule has 2 heteroatoms. The van der Waals surface area contributed by atoms with Gasteiger partial charge in [0.25, 0.3) is 0 Å². The molecule has 1 aliphatic heterocycles. The van der Waals surface area contributed by atoms with Gasteiger partial charge >= 0.3 is 0 Å². The van der Waals surface area contributed by atoms with Crippen molar-refractivity contribution in [1.29, 1.82) is 0 Å². The number of nitrogens with two attached hydrogens (primary N) is 1. The highest BCUT2D eigenvalue weighted by molar-refractivity contribution is 7.99. The molecule has 2 unspecified atom stereocenters. The molecule has 11 heavy (non-hydrogen) atoms. The number of thioether (sulfide) groups is 1. The van der Waals surface area contributed by atoms with Crippen molar-refractivity contribution >= 4 is 11.8 Å². The lowest BCUT2D eigenvalue weighted by Crippen LogP contribution is -2.24. The van der Waals surface area contributed by atoms with Crippen molar-refractivity contribution in [2.45, 2.75) is 32.2 Å². The van der Waals surface area contributed by atoms with Gasteiger partial charge < -0.3 is 5.73 Å². The Balaban J connectivity index is 1.94. The zero-order chi connectivity index (χ0) is 7.90. The zero-order valence-corrected chi connectivity index (χ0v) is 7.99. The molecular weight excluding hydrogens is 154 g/mol. The molecule has 64 valence electrons. The van der Waals surface area contributed by atoms with Crippen LogP contribution in [0.5, 0.6) is 0 Å². The molecule has 2 rings (SSSR count). The van der Waals surface area contributed by atoms with Crippen LogP contribution < -0.4 is 5.73 Å². The molecule has 1 saturated carbocycles. The molecule has 2 N–H and O–H groups in total. The Morgan fingerprint density at radius 2 is 1.91 bits per heavy atom. The van der Waals surface area contributed by atoms with Crippen LogP contribution >= 0.6 is 11.8 Å². The van der Waals surface area contributed by atoms with Crippen molar-refractivity contribution in [3.63, 3.8) is 0 Å². The molecule has 1 aliphatic carbocycles. The predicted octanol–water partition coefficient (Wildman–Crippen LogP) is 1.87. The summed E-state index contributed by atoms with van der Waals surface area (Å²) in [6.07, 6.45) is 4.10. The summed E-state index contributed by atoms with van der Waals surface area (Å²) in [5.41, 5.74) is 6.47. The first-order valence-corrected chi connectivity index (χ1v) is 5.72. The van der Waals surface area contributed by atoms with Gasteiger partial charge in [0.1, 0.15) is 0 Å². The van der Waals surface area contributed by atoms with E-state index in [1.165, 1.54) is 30.8 Å². The quantitative estimate of drug-likeness (QED) is 0.652. The van der Waals surface area contributed by atoms with Crippen molar-refractivity contribution < 1.29 is 0 Å². The average Bonchev–Trinajstić information content (AvgIpc) is 2.64. The smallest absolute Gasteiger partial charge is 0.0102 e. The first-order chi connectivity index (χ1) is 5.23. The first-order valence-electron chi connectivity index (χ1n) is 4.57. The van der Waals surface area contributed by atoms with E-state index in [2.05, 4.69) is 18.7 Å². The topological polar surface area (TPSA) is 26.0 Å². The largest absolute Gasteiger partial charge is 0.327 e. The molecule has 2 atom stereocenters. The average molecular weight is 171 g/mol. The number of hydrogen-bond acceptors (Lipinski definition) is 2. The molecule has 2 fully saturated rings. The Labute approximate surface area is 73.1 Å². The molecule has 0 aromatic carbocycles. The van der Waals surface area contributed by atoms with E-state index in [0.29, 0.717) is 11.5 Å². The van der Waals surface area contributed by atoms with Crippen molar-refractivity contribution in [3.8, 4) is 0 Å². The van der Waals surface area contributed by atoms with E-state index in [1.54, 1.807) is 0 Å². The van der Waals surface area contributed by atoms with E-state index in [0.717, 1.165) is 5.92 Å². The second kappa shape index (κ2) is 2.67. The molecular formula is C9H17NS. The maximum atomic E-state index is 5.92. The van der Waals surface area contributed by atoms with Gasteiger partial charge in [0, 0.05) is 6.04 Å². The summed E-state index contributed by atoms with van der Waals surface area (Å²) in [5, 5.41) is 0. The highest BCUT2D eigenvalue weighted by Crippen LogP contribution is 2.54. The lowest BCUT2D eigenvalue weighted by molar-refractivity contribution is 0.304. The molecule has 0 aromatic heterocycles. The van der Waals surface area contributed by atoms with Crippen LogP contribution in [-0.4, -0.2) is 17.5 Å². The van der Waals surface area contributed by atoms with Crippen molar-refractivity contribution in [2.75, 3.05) is 11.5 Å². The van der Waals surface area contributed by atoms with E-state index < -0.39 is 0 Å². The fourth-order valence-corrected chi connectivity index (χ4v) is 3.35. The summed E-state index contributed by atoms with van der Waals surface area (Å²) in [6.45, 7) is 2.37. The summed E-state index contributed by atoms with van der Waals surface area (Å²) in [6, 6.07) is 0.524. The van der Waals surface area contributed by atoms with Gasteiger partial charge in [-0.3, -0.25) is 0 Å². The van der Waals surface area contributed by atoms with Gasteiger partial charge in [0.15, 0.2) is 0 Å². The number of hydrogen-bond donors (Lipinski definition) is 1. The van der Waals surface area contributed by atoms with E-state index in [1.807, 2.05) is 0 Å². The highest BCUT2D eigenvalue weighted by Gasteiger charge is 2.52. The van der Waals surface area contributed by atoms with Crippen LogP contribution in [0.1, 0.15) is 26.2 Å². The van der Waals surface area contributed by atoms with Gasteiger partial charge in [0.05, 0.1) is 0 Å². The molecule has 0 bridgehead atoms. The second-order valence-corrected chi connectivity index (χ2v) is 5.43. The van der Waals surface area contributed by atoms with Crippen LogP contribution in [0.2, 0.25) is 0 Å². The predicted molar refractivity (Wildman–Crippen MR) is 50.7 cm³/mol. The summed E-state index contributed by atoms with van der Waals surface area (Å²) < 4.78 is 0. The molecule has 1 nitrogen and oxygen atoms in total. The summed E-state index contributed by atoms with van der Waals surface area (Å²) in [7, 11) is 0. The van der Waals surface area contributed by atoms with E-state index in [4.69, 9.17) is 5.73 Å². The molecule has 0 spiro atoms. The van der Waals surface area contributed by atoms with Gasteiger partial charge in [-0.05, 0) is 42.1 Å². The third-order valence-corrected chi connectivity index (χ3v) is 4.55. The summed E-state index contributed by atoms with van der Waals surface area (Å²) in [4.78, 5) is 0. The van der Waals surface area contributed by atoms with Gasteiger partial charge in [-0.25, -0.2) is 0 Å². The standard InChI is InChI=1S/C9H17NS/c1-9(6-8(9)10)7-2-4-11-5-3-7/h7-8H,2-6,10H2,1H3. The summed E-state index contributed by atoms with van der Waals surface area (Å²) in [5.74, 6) is 3.68. The van der Waals surface area contributed by atoms with Crippen molar-refractivity contribution in [3.05, 3.63) is 0 Å². The molecule has 1 heterocycles. The lowest BCUT2D eigenvalue weighted by atomic mass is 9.85. The van der Waals surface area contributed by atoms with Crippen molar-refractivity contribution in [2.24, 2.45) is 17.1 Å². The maximum Gasteiger partial charge on any atom is 0.0102 e. The Bertz CT molecular complexity index is 154. The molecule has 2 aliphatic rings. The Hall–Kier alpha value is 0.310. The Kier molecular flexibility index (Phi) is 1.92. The highest BCUT2D eigenvalue weighted by atomic mass is 32.2. The normalized spacial score (nSPS) is 45.8. The monoisotopic (exact) mass is 171 g/mol. The number of rotatable bonds is 1. The second-order valence-electron chi connectivity index (χ2n) is 4.20. The minimum atomic E-state index is 0.524. The first kappa shape index (κ1) is 7.93. The Morgan fingerprint density at radius 3 is 2.36 bits per heavy atom. The molecule has 1 saturated heterocycles. The van der Waals surface area contributed by atoms with Crippen LogP contribution in [0.3, 0.4) is 0 Å². The third kappa shape index (κ3) is 1.31. The third-order valence-electron chi connectivity index (χ3n) is 3.50. The minimum Gasteiger partial charge on any atom is -0.327 e. The van der Waals surface area contributed by atoms with Crippen LogP contribution in [0.25, 0.3) is 0 Å². The van der Waals surface area contributed by atoms with Gasteiger partial charge in [-0.2, -0.15) is 11.8 Å². The van der Waals surface area contributed by atoms with E-state index in [9.17, 15) is 0 Å². The fourth-order valence-electron chi connectivity index (χ4n) is 2.24. The van der Waals surface area contributed by atoms with Crippen LogP contribution in [-0.2, 0) is 0 Å². The maximum absolute atomic E-state index is 5.92. The Morgan fingerprint density at radius 1 is 1.36 bits per heavy atom. The van der Waals surface area contributed by atoms with Gasteiger partial charge in [0.2, 0.25) is 0 Å². The molecule has 0 amide bonds. The van der Waals surface area contributed by atoms with E-state index >= 15 is 0 Å². The fraction of sp³-hybridized carbons (Fsp3) is 1.00. The van der Waals surface area contributed by atoms with Crippen LogP contribution in [0.4, 0.5) is 0 Å².